The lowest BCUT2D eigenvalue weighted by Gasteiger charge is -2.08. The number of carboxylic acid groups (broad SMARTS) is 3. The molecule has 0 spiro atoms. The van der Waals surface area contributed by atoms with Crippen LogP contribution in [0.4, 0.5) is 0 Å². The number of ketones is 6. The molecular weight excluding hydrogens is 1630 g/mol. The fourth-order valence-electron chi connectivity index (χ4n) is 7.33. The Morgan fingerprint density at radius 2 is 0.685 bits per heavy atom. The predicted octanol–water partition coefficient (Wildman–Crippen LogP) is 7.24. The van der Waals surface area contributed by atoms with Gasteiger partial charge in [-0.25, -0.2) is 0 Å². The highest BCUT2D eigenvalue weighted by Crippen LogP contribution is 2.44. The lowest BCUT2D eigenvalue weighted by atomic mass is 10.2. The standard InChI is InChI=1S/C12H9Br2NO4.C12H10BrNO4.C12H11NO4.3C7H11NO4.3C4H6O2/c1-5(16)15-4-9(19-6(2)17)10-8(15)3-7(13)12(18)11(10)14;1-6(15)14-5-10(18-7(2)16)11-8(14)3-4-9(17)12(11)13;1-7(14)13-6-12(17-8(2)15)10-5-9(16)3-4-11(10)13;3*1-5(10)8-6(4-9)2-3-7(11)12;3*1-3(5)4(2)6/h3-4,18H,1-2H3;3-5,17H,1-2H3;3-6,16H,1-2H3;3*4,6H,2-3H2,1H3,(H,8,10)(H,11,12);3*1-2H3/t;;;3*6-;;;/m...000.../s1. The minimum absolute atomic E-state index is 0.0113. The lowest BCUT2D eigenvalue weighted by Crippen LogP contribution is -2.34. The Morgan fingerprint density at radius 1 is 0.398 bits per heavy atom. The van der Waals surface area contributed by atoms with Gasteiger partial charge < -0.3 is 75.2 Å². The molecule has 108 heavy (non-hydrogen) atoms. The smallest absolute Gasteiger partial charge is 0.308 e. The van der Waals surface area contributed by atoms with Gasteiger partial charge in [0.1, 0.15) is 36.1 Å². The number of aliphatic carboxylic acids is 3. The Kier molecular flexibility index (Phi) is 47.3. The number of carbonyl (C=O) groups is 21. The van der Waals surface area contributed by atoms with Crippen LogP contribution in [0, 0.1) is 0 Å². The van der Waals surface area contributed by atoms with Crippen molar-refractivity contribution in [2.75, 3.05) is 0 Å². The molecule has 3 aromatic carbocycles. The number of halogens is 3. The highest BCUT2D eigenvalue weighted by atomic mass is 79.9. The number of aldehydes is 3. The molecule has 0 fully saturated rings. The molecule has 0 unspecified atom stereocenters. The summed E-state index contributed by atoms with van der Waals surface area (Å²) in [5.74, 6) is -7.59. The van der Waals surface area contributed by atoms with Crippen LogP contribution in [0.5, 0.6) is 34.5 Å². The molecule has 6 aromatic rings. The van der Waals surface area contributed by atoms with Gasteiger partial charge in [0.2, 0.25) is 35.4 Å². The van der Waals surface area contributed by atoms with E-state index >= 15 is 0 Å². The van der Waals surface area contributed by atoms with Crippen molar-refractivity contribution in [3.05, 3.63) is 68.4 Å². The first-order valence-corrected chi connectivity index (χ1v) is 33.3. The number of aromatic hydroxyl groups is 3. The summed E-state index contributed by atoms with van der Waals surface area (Å²) in [7, 11) is 0. The SMILES string of the molecule is CC(=O)C(C)=O.CC(=O)C(C)=O.CC(=O)C(C)=O.CC(=O)N[C@H](C=O)CCC(=O)O.CC(=O)N[C@H](C=O)CCC(=O)O.CC(=O)N[C@H](C=O)CCC(=O)O.CC(=O)Oc1cn(C(C)=O)c2cc(Br)c(O)c(Br)c12.CC(=O)Oc1cn(C(C)=O)c2ccc(O)c(Br)c12.CC(=O)Oc1cn(C(C)=O)c2ccc(O)cc12. The van der Waals surface area contributed by atoms with E-state index in [0.29, 0.717) is 65.0 Å². The third kappa shape index (κ3) is 40.0. The average molecular weight is 1710 g/mol. The van der Waals surface area contributed by atoms with Crippen molar-refractivity contribution < 1.29 is 146 Å². The third-order valence-corrected chi connectivity index (χ3v) is 14.6. The number of esters is 3. The van der Waals surface area contributed by atoms with Crippen LogP contribution in [0.1, 0.15) is 157 Å². The number of benzene rings is 3. The maximum Gasteiger partial charge on any atom is 0.308 e. The number of ether oxygens (including phenoxy) is 3. The summed E-state index contributed by atoms with van der Waals surface area (Å²) in [5, 5.41) is 62.1. The summed E-state index contributed by atoms with van der Waals surface area (Å²) in [6.07, 6.45) is 5.93. The number of aromatic nitrogens is 3. The molecule has 0 aliphatic rings. The summed E-state index contributed by atoms with van der Waals surface area (Å²) in [4.78, 5) is 219. The molecule has 6 rings (SSSR count). The highest BCUT2D eigenvalue weighted by molar-refractivity contribution is 9.11. The zero-order chi connectivity index (χ0) is 84.5. The van der Waals surface area contributed by atoms with Crippen molar-refractivity contribution in [1.82, 2.24) is 29.7 Å². The summed E-state index contributed by atoms with van der Waals surface area (Å²) >= 11 is 9.66. The van der Waals surface area contributed by atoms with E-state index in [1.54, 1.807) is 18.2 Å². The van der Waals surface area contributed by atoms with E-state index in [4.69, 9.17) is 29.5 Å². The third-order valence-electron chi connectivity index (χ3n) is 12.5. The van der Waals surface area contributed by atoms with E-state index in [-0.39, 0.29) is 143 Å². The monoisotopic (exact) mass is 1710 g/mol. The second-order valence-electron chi connectivity index (χ2n) is 21.8. The summed E-state index contributed by atoms with van der Waals surface area (Å²) in [6.45, 7) is 19.4. The highest BCUT2D eigenvalue weighted by Gasteiger charge is 2.22. The topological polar surface area (TPSA) is 558 Å². The Bertz CT molecular complexity index is 4180. The van der Waals surface area contributed by atoms with Crippen molar-refractivity contribution in [3.63, 3.8) is 0 Å². The van der Waals surface area contributed by atoms with Crippen molar-refractivity contribution in [2.24, 2.45) is 0 Å². The molecule has 36 nitrogen and oxygen atoms in total. The number of nitrogens with one attached hydrogen (secondary N) is 3. The maximum absolute atomic E-state index is 11.6. The van der Waals surface area contributed by atoms with Gasteiger partial charge in [-0.05, 0) is 103 Å². The van der Waals surface area contributed by atoms with Crippen LogP contribution < -0.4 is 30.2 Å². The van der Waals surface area contributed by atoms with Crippen molar-refractivity contribution in [3.8, 4) is 34.5 Å². The van der Waals surface area contributed by atoms with Crippen LogP contribution in [-0.4, -0.2) is 187 Å². The quantitative estimate of drug-likeness (QED) is 0.0195. The minimum atomic E-state index is -0.979. The number of fused-ring (bicyclic) bond motifs is 3. The second kappa shape index (κ2) is 50.8. The zero-order valence-corrected chi connectivity index (χ0v) is 65.6. The fourth-order valence-corrected chi connectivity index (χ4v) is 9.15. The summed E-state index contributed by atoms with van der Waals surface area (Å²) in [6, 6.07) is 7.11. The molecular formula is C69H81Br3N6O30. The first kappa shape index (κ1) is 101. The van der Waals surface area contributed by atoms with Gasteiger partial charge in [-0.1, -0.05) is 0 Å². The van der Waals surface area contributed by atoms with Crippen LogP contribution in [0.2, 0.25) is 0 Å². The predicted molar refractivity (Wildman–Crippen MR) is 392 cm³/mol. The van der Waals surface area contributed by atoms with Crippen molar-refractivity contribution in [2.45, 2.75) is 161 Å². The molecule has 0 saturated heterocycles. The molecule has 3 amide bonds. The molecule has 0 radical (unpaired) electrons. The van der Waals surface area contributed by atoms with E-state index in [1.807, 2.05) is 0 Å². The Hall–Kier alpha value is -11.6. The molecule has 0 aliphatic carbocycles. The van der Waals surface area contributed by atoms with Gasteiger partial charge in [0.15, 0.2) is 51.9 Å². The molecule has 0 saturated carbocycles. The Labute approximate surface area is 640 Å². The molecule has 588 valence electrons. The van der Waals surface area contributed by atoms with Gasteiger partial charge in [0.25, 0.3) is 0 Å². The molecule has 39 heteroatoms. The van der Waals surface area contributed by atoms with Crippen molar-refractivity contribution >= 4 is 205 Å². The van der Waals surface area contributed by atoms with Gasteiger partial charge in [0.05, 0.1) is 77.5 Å². The zero-order valence-electron chi connectivity index (χ0n) is 60.9. The first-order valence-electron chi connectivity index (χ1n) is 30.9. The Morgan fingerprint density at radius 3 is 0.972 bits per heavy atom. The van der Waals surface area contributed by atoms with Gasteiger partial charge >= 0.3 is 35.8 Å². The molecule has 9 N–H and O–H groups in total. The van der Waals surface area contributed by atoms with Gasteiger partial charge in [-0.2, -0.15) is 0 Å². The molecule has 0 aliphatic heterocycles. The van der Waals surface area contributed by atoms with Crippen LogP contribution in [0.25, 0.3) is 32.7 Å². The minimum Gasteiger partial charge on any atom is -0.508 e. The van der Waals surface area contributed by atoms with E-state index in [9.17, 15) is 116 Å². The van der Waals surface area contributed by atoms with Gasteiger partial charge in [0, 0.05) is 129 Å². The number of hydrogen-bond donors (Lipinski definition) is 9. The first-order chi connectivity index (χ1) is 49.8. The average Bonchev–Trinajstić information content (AvgIpc) is 1.62. The van der Waals surface area contributed by atoms with E-state index in [1.165, 1.54) is 154 Å². The Balaban J connectivity index is -0.00000118. The number of phenols is 3. The van der Waals surface area contributed by atoms with E-state index < -0.39 is 53.9 Å². The largest absolute Gasteiger partial charge is 0.508 e. The fraction of sp³-hybridized carbons (Fsp3) is 0.348. The second-order valence-corrected chi connectivity index (χ2v) is 24.2. The van der Waals surface area contributed by atoms with Crippen LogP contribution in [-0.2, 0) is 86.3 Å². The van der Waals surface area contributed by atoms with Crippen LogP contribution in [0.15, 0.2) is 68.4 Å². The van der Waals surface area contributed by atoms with E-state index in [2.05, 4.69) is 63.7 Å². The van der Waals surface area contributed by atoms with E-state index in [0.717, 1.165) is 0 Å². The number of hydrogen-bond acceptors (Lipinski definition) is 27. The van der Waals surface area contributed by atoms with Gasteiger partial charge in [-0.3, -0.25) is 100 Å². The number of phenolic OH excluding ortho intramolecular Hbond substituents is 3. The molecule has 3 aromatic heterocycles. The van der Waals surface area contributed by atoms with Crippen LogP contribution >= 0.6 is 47.8 Å². The number of rotatable bonds is 21. The van der Waals surface area contributed by atoms with Crippen molar-refractivity contribution in [1.29, 1.82) is 0 Å². The number of nitrogens with zero attached hydrogens (tertiary/aromatic N) is 3. The van der Waals surface area contributed by atoms with Crippen LogP contribution in [0.3, 0.4) is 0 Å². The summed E-state index contributed by atoms with van der Waals surface area (Å²) < 4.78 is 20.3. The normalized spacial score (nSPS) is 10.5. The number of amides is 3. The molecule has 3 heterocycles. The number of carbonyl (C=O) groups excluding carboxylic acids is 18. The maximum atomic E-state index is 11.6. The lowest BCUT2D eigenvalue weighted by molar-refractivity contribution is -0.138. The van der Waals surface area contributed by atoms with Gasteiger partial charge in [-0.15, -0.1) is 0 Å². The number of Topliss-reactive ketones (excluding diaryl/α,β-unsaturated/α-hetero) is 6. The molecule has 3 atom stereocenters. The molecule has 0 bridgehead atoms. The summed E-state index contributed by atoms with van der Waals surface area (Å²) in [5.41, 5.74) is 1.68. The number of carboxylic acids is 3.